The predicted octanol–water partition coefficient (Wildman–Crippen LogP) is 0.369. The quantitative estimate of drug-likeness (QED) is 0.752. The molecule has 0 saturated carbocycles. The van der Waals surface area contributed by atoms with Crippen LogP contribution < -0.4 is 5.73 Å². The maximum atomic E-state index is 12.1. The number of halogens is 3. The molecule has 0 spiro atoms. The summed E-state index contributed by atoms with van der Waals surface area (Å²) in [7, 11) is 0. The molecule has 0 aliphatic carbocycles. The van der Waals surface area contributed by atoms with Crippen LogP contribution in [-0.4, -0.2) is 59.6 Å². The van der Waals surface area contributed by atoms with E-state index in [9.17, 15) is 18.0 Å². The van der Waals surface area contributed by atoms with Crippen molar-refractivity contribution in [1.82, 2.24) is 9.80 Å². The lowest BCUT2D eigenvalue weighted by Gasteiger charge is -2.34. The van der Waals surface area contributed by atoms with Gasteiger partial charge in [0.15, 0.2) is 0 Å². The second-order valence-electron chi connectivity index (χ2n) is 3.92. The van der Waals surface area contributed by atoms with Gasteiger partial charge in [-0.05, 0) is 0 Å². The van der Waals surface area contributed by atoms with Crippen molar-refractivity contribution >= 4 is 23.1 Å². The Balaban J connectivity index is 2.35. The van der Waals surface area contributed by atoms with Crippen LogP contribution in [0.3, 0.4) is 0 Å². The molecule has 1 saturated heterocycles. The number of rotatable bonds is 3. The number of hydrogen-bond donors (Lipinski definition) is 1. The normalized spacial score (nSPS) is 18.2. The molecular weight excluding hydrogens is 255 g/mol. The fourth-order valence-corrected chi connectivity index (χ4v) is 1.79. The Labute approximate surface area is 103 Å². The number of nitrogens with zero attached hydrogens (tertiary/aromatic N) is 2. The summed E-state index contributed by atoms with van der Waals surface area (Å²) in [5.41, 5.74) is 5.24. The molecule has 0 aromatic carbocycles. The molecule has 0 atom stereocenters. The van der Waals surface area contributed by atoms with Crippen LogP contribution in [0.15, 0.2) is 0 Å². The van der Waals surface area contributed by atoms with Crippen LogP contribution in [0.4, 0.5) is 13.2 Å². The van der Waals surface area contributed by atoms with Gasteiger partial charge in [-0.15, -0.1) is 0 Å². The highest BCUT2D eigenvalue weighted by atomic mass is 32.1. The molecule has 0 unspecified atom stereocenters. The second-order valence-corrected chi connectivity index (χ2v) is 4.44. The second kappa shape index (κ2) is 5.63. The van der Waals surface area contributed by atoms with E-state index in [0.717, 1.165) is 0 Å². The maximum Gasteiger partial charge on any atom is 0.401 e. The van der Waals surface area contributed by atoms with Crippen molar-refractivity contribution in [3.8, 4) is 0 Å². The monoisotopic (exact) mass is 269 g/mol. The highest BCUT2D eigenvalue weighted by Gasteiger charge is 2.32. The Bertz CT molecular complexity index is 300. The number of thiocarbonyl (C=S) groups is 1. The zero-order valence-corrected chi connectivity index (χ0v) is 9.98. The molecule has 1 aliphatic rings. The molecule has 1 rings (SSSR count). The van der Waals surface area contributed by atoms with Crippen molar-refractivity contribution in [3.63, 3.8) is 0 Å². The summed E-state index contributed by atoms with van der Waals surface area (Å²) >= 11 is 4.61. The Morgan fingerprint density at radius 3 is 2.18 bits per heavy atom. The number of alkyl halides is 3. The maximum absolute atomic E-state index is 12.1. The van der Waals surface area contributed by atoms with Crippen LogP contribution in [0.25, 0.3) is 0 Å². The molecule has 1 aliphatic heterocycles. The van der Waals surface area contributed by atoms with Crippen LogP contribution in [0.5, 0.6) is 0 Å². The van der Waals surface area contributed by atoms with Gasteiger partial charge in [-0.1, -0.05) is 12.2 Å². The van der Waals surface area contributed by atoms with Gasteiger partial charge in [0.2, 0.25) is 5.91 Å². The first-order valence-corrected chi connectivity index (χ1v) is 5.54. The molecule has 8 heteroatoms. The van der Waals surface area contributed by atoms with E-state index in [1.807, 2.05) is 0 Å². The summed E-state index contributed by atoms with van der Waals surface area (Å²) in [5, 5.41) is 0. The highest BCUT2D eigenvalue weighted by molar-refractivity contribution is 7.80. The van der Waals surface area contributed by atoms with Crippen LogP contribution in [0.2, 0.25) is 0 Å². The van der Waals surface area contributed by atoms with E-state index in [1.165, 1.54) is 9.80 Å². The smallest absolute Gasteiger partial charge is 0.393 e. The van der Waals surface area contributed by atoms with Gasteiger partial charge in [0.05, 0.1) is 18.0 Å². The first-order valence-electron chi connectivity index (χ1n) is 5.13. The average Bonchev–Trinajstić information content (AvgIpc) is 2.15. The van der Waals surface area contributed by atoms with Gasteiger partial charge in [0.1, 0.15) is 0 Å². The Morgan fingerprint density at radius 2 is 1.76 bits per heavy atom. The van der Waals surface area contributed by atoms with Crippen molar-refractivity contribution in [2.75, 3.05) is 32.7 Å². The molecule has 1 heterocycles. The van der Waals surface area contributed by atoms with Crippen molar-refractivity contribution in [3.05, 3.63) is 0 Å². The van der Waals surface area contributed by atoms with E-state index in [-0.39, 0.29) is 43.5 Å². The van der Waals surface area contributed by atoms with E-state index in [1.54, 1.807) is 0 Å². The third-order valence-electron chi connectivity index (χ3n) is 2.45. The summed E-state index contributed by atoms with van der Waals surface area (Å²) < 4.78 is 36.3. The van der Waals surface area contributed by atoms with Crippen LogP contribution in [-0.2, 0) is 4.79 Å². The number of nitrogens with two attached hydrogens (primary N) is 1. The zero-order chi connectivity index (χ0) is 13.1. The van der Waals surface area contributed by atoms with E-state index in [4.69, 9.17) is 5.73 Å². The molecule has 4 nitrogen and oxygen atoms in total. The first-order chi connectivity index (χ1) is 7.78. The Hall–Kier alpha value is -0.890. The number of carbonyl (C=O) groups is 1. The molecule has 0 aromatic rings. The summed E-state index contributed by atoms with van der Waals surface area (Å²) in [6.07, 6.45) is -4.21. The minimum Gasteiger partial charge on any atom is -0.393 e. The number of hydrogen-bond acceptors (Lipinski definition) is 3. The molecule has 98 valence electrons. The van der Waals surface area contributed by atoms with Gasteiger partial charge in [-0.2, -0.15) is 13.2 Å². The topological polar surface area (TPSA) is 49.6 Å². The standard InChI is InChI=1S/C9H14F3N3OS/c10-9(11,12)6-14-1-3-15(4-2-14)8(16)5-7(13)17/h1-6H2,(H2,13,17). The van der Waals surface area contributed by atoms with Gasteiger partial charge in [0, 0.05) is 26.2 Å². The molecule has 0 radical (unpaired) electrons. The third kappa shape index (κ3) is 5.31. The highest BCUT2D eigenvalue weighted by Crippen LogP contribution is 2.17. The van der Waals surface area contributed by atoms with E-state index >= 15 is 0 Å². The number of piperazine rings is 1. The molecule has 1 fully saturated rings. The van der Waals surface area contributed by atoms with Crippen LogP contribution >= 0.6 is 12.2 Å². The lowest BCUT2D eigenvalue weighted by Crippen LogP contribution is -2.51. The number of amides is 1. The molecule has 1 amide bonds. The number of carbonyl (C=O) groups excluding carboxylic acids is 1. The van der Waals surface area contributed by atoms with E-state index < -0.39 is 12.7 Å². The van der Waals surface area contributed by atoms with Crippen molar-refractivity contribution in [1.29, 1.82) is 0 Å². The lowest BCUT2D eigenvalue weighted by atomic mass is 10.2. The molecular formula is C9H14F3N3OS. The largest absolute Gasteiger partial charge is 0.401 e. The van der Waals surface area contributed by atoms with Crippen molar-refractivity contribution in [2.45, 2.75) is 12.6 Å². The van der Waals surface area contributed by atoms with Crippen LogP contribution in [0.1, 0.15) is 6.42 Å². The first kappa shape index (κ1) is 14.2. The van der Waals surface area contributed by atoms with Gasteiger partial charge in [-0.3, -0.25) is 9.69 Å². The third-order valence-corrected chi connectivity index (χ3v) is 2.60. The van der Waals surface area contributed by atoms with Gasteiger partial charge in [0.25, 0.3) is 0 Å². The predicted molar refractivity (Wildman–Crippen MR) is 60.5 cm³/mol. The van der Waals surface area contributed by atoms with Gasteiger partial charge >= 0.3 is 6.18 Å². The summed E-state index contributed by atoms with van der Waals surface area (Å²) in [6.45, 7) is 0.102. The molecule has 2 N–H and O–H groups in total. The lowest BCUT2D eigenvalue weighted by molar-refractivity contribution is -0.151. The SMILES string of the molecule is NC(=S)CC(=O)N1CCN(CC(F)(F)F)CC1. The summed E-state index contributed by atoms with van der Waals surface area (Å²) in [4.78, 5) is 14.4. The van der Waals surface area contributed by atoms with Crippen molar-refractivity contribution < 1.29 is 18.0 Å². The Kier molecular flexibility index (Phi) is 4.70. The van der Waals surface area contributed by atoms with Crippen molar-refractivity contribution in [2.24, 2.45) is 5.73 Å². The fraction of sp³-hybridized carbons (Fsp3) is 0.778. The summed E-state index contributed by atoms with van der Waals surface area (Å²) in [6, 6.07) is 0. The molecule has 0 bridgehead atoms. The minimum atomic E-state index is -4.19. The minimum absolute atomic E-state index is 0.0192. The average molecular weight is 269 g/mol. The molecule has 0 aromatic heterocycles. The zero-order valence-electron chi connectivity index (χ0n) is 9.16. The fourth-order valence-electron chi connectivity index (χ4n) is 1.67. The van der Waals surface area contributed by atoms with Gasteiger partial charge < -0.3 is 10.6 Å². The van der Waals surface area contributed by atoms with E-state index in [0.29, 0.717) is 0 Å². The molecule has 17 heavy (non-hydrogen) atoms. The van der Waals surface area contributed by atoms with Crippen LogP contribution in [0, 0.1) is 0 Å². The Morgan fingerprint density at radius 1 is 1.24 bits per heavy atom. The summed E-state index contributed by atoms with van der Waals surface area (Å²) in [5.74, 6) is -0.218. The van der Waals surface area contributed by atoms with Gasteiger partial charge in [-0.25, -0.2) is 0 Å². The van der Waals surface area contributed by atoms with E-state index in [2.05, 4.69) is 12.2 Å².